The number of hydrogen-bond acceptors (Lipinski definition) is 3. The summed E-state index contributed by atoms with van der Waals surface area (Å²) in [5.74, 6) is -0.604. The van der Waals surface area contributed by atoms with Crippen LogP contribution in [0.2, 0.25) is 0 Å². The molecule has 0 spiro atoms. The summed E-state index contributed by atoms with van der Waals surface area (Å²) in [6.07, 6.45) is -7.46. The van der Waals surface area contributed by atoms with Crippen molar-refractivity contribution < 1.29 is 22.8 Å². The minimum atomic E-state index is -4.58. The molecule has 0 aliphatic carbocycles. The number of rotatable bonds is 5. The van der Waals surface area contributed by atoms with E-state index < -0.39 is 24.5 Å². The van der Waals surface area contributed by atoms with Crippen LogP contribution in [-0.4, -0.2) is 25.1 Å². The Labute approximate surface area is 103 Å². The fraction of sp³-hybridized carbons (Fsp3) is 0.417. The molecule has 1 aromatic rings. The maximum Gasteiger partial charge on any atom is 0.417 e. The van der Waals surface area contributed by atoms with Gasteiger partial charge in [0.25, 0.3) is 0 Å². The summed E-state index contributed by atoms with van der Waals surface area (Å²) < 4.78 is 37.6. The molecule has 100 valence electrons. The van der Waals surface area contributed by atoms with Gasteiger partial charge >= 0.3 is 6.18 Å². The van der Waals surface area contributed by atoms with E-state index in [2.05, 4.69) is 4.84 Å². The van der Waals surface area contributed by atoms with Gasteiger partial charge in [-0.2, -0.15) is 13.2 Å². The summed E-state index contributed by atoms with van der Waals surface area (Å²) in [5, 5.41) is 0. The van der Waals surface area contributed by atoms with E-state index in [1.807, 2.05) is 12.4 Å². The third kappa shape index (κ3) is 4.12. The molecule has 1 aromatic carbocycles. The average Bonchev–Trinajstić information content (AvgIpc) is 2.28. The summed E-state index contributed by atoms with van der Waals surface area (Å²) in [5.41, 5.74) is 3.15. The van der Waals surface area contributed by atoms with Gasteiger partial charge in [0.1, 0.15) is 0 Å². The largest absolute Gasteiger partial charge is 0.417 e. The lowest BCUT2D eigenvalue weighted by atomic mass is 10.0. The van der Waals surface area contributed by atoms with E-state index in [-0.39, 0.29) is 5.56 Å². The van der Waals surface area contributed by atoms with Crippen molar-refractivity contribution in [2.24, 2.45) is 0 Å². The molecule has 3 nitrogen and oxygen atoms in total. The van der Waals surface area contributed by atoms with Gasteiger partial charge < -0.3 is 0 Å². The minimum absolute atomic E-state index is 0.245. The van der Waals surface area contributed by atoms with Crippen LogP contribution in [0.3, 0.4) is 0 Å². The minimum Gasteiger partial charge on any atom is -0.294 e. The molecule has 0 aliphatic heterocycles. The van der Waals surface area contributed by atoms with Gasteiger partial charge in [0.05, 0.1) is 0 Å². The van der Waals surface area contributed by atoms with Crippen molar-refractivity contribution in [1.82, 2.24) is 5.48 Å². The lowest BCUT2D eigenvalue weighted by molar-refractivity contribution is -0.233. The van der Waals surface area contributed by atoms with Crippen molar-refractivity contribution in [3.8, 4) is 0 Å². The van der Waals surface area contributed by atoms with Crippen molar-refractivity contribution in [1.29, 1.82) is 0 Å². The van der Waals surface area contributed by atoms with Gasteiger partial charge in [0.2, 0.25) is 0 Å². The van der Waals surface area contributed by atoms with Gasteiger partial charge in [-0.1, -0.05) is 29.8 Å². The molecule has 1 N–H and O–H groups in total. The lowest BCUT2D eigenvalue weighted by Gasteiger charge is -2.18. The normalized spacial score (nSPS) is 13.4. The number of ketones is 1. The van der Waals surface area contributed by atoms with Gasteiger partial charge in [-0.15, -0.1) is 0 Å². The number of hydrogen-bond donors (Lipinski definition) is 1. The lowest BCUT2D eigenvalue weighted by Crippen LogP contribution is -2.37. The molecule has 1 rings (SSSR count). The maximum atomic E-state index is 12.5. The number of Topliss-reactive ketones (excluding diaryl/α,β-unsaturated/α-hetero) is 1. The summed E-state index contributed by atoms with van der Waals surface area (Å²) in [6.45, 7) is 1.83. The Morgan fingerprint density at radius 1 is 1.33 bits per heavy atom. The molecule has 0 aliphatic rings. The molecule has 0 heterocycles. The third-order valence-corrected chi connectivity index (χ3v) is 2.37. The Kier molecular flexibility index (Phi) is 4.86. The van der Waals surface area contributed by atoms with E-state index in [0.29, 0.717) is 0 Å². The molecular weight excluding hydrogens is 247 g/mol. The van der Waals surface area contributed by atoms with E-state index in [4.69, 9.17) is 0 Å². The summed E-state index contributed by atoms with van der Waals surface area (Å²) in [7, 11) is 1.22. The molecule has 6 heteroatoms. The van der Waals surface area contributed by atoms with Crippen LogP contribution in [0.4, 0.5) is 13.2 Å². The molecule has 1 unspecified atom stereocenters. The second-order valence-electron chi connectivity index (χ2n) is 3.85. The van der Waals surface area contributed by atoms with Crippen LogP contribution < -0.4 is 5.48 Å². The highest BCUT2D eigenvalue weighted by atomic mass is 19.4. The molecule has 0 radical (unpaired) electrons. The average molecular weight is 261 g/mol. The fourth-order valence-electron chi connectivity index (χ4n) is 1.39. The SMILES string of the molecule is CNOC(CC(=O)c1ccc(C)cc1)C(F)(F)F. The van der Waals surface area contributed by atoms with Crippen LogP contribution in [0.5, 0.6) is 0 Å². The smallest absolute Gasteiger partial charge is 0.294 e. The monoisotopic (exact) mass is 261 g/mol. The number of hydroxylamine groups is 1. The van der Waals surface area contributed by atoms with Crippen molar-refractivity contribution in [2.45, 2.75) is 25.6 Å². The van der Waals surface area contributed by atoms with Gasteiger partial charge in [0, 0.05) is 19.0 Å². The molecule has 0 amide bonds. The van der Waals surface area contributed by atoms with Gasteiger partial charge in [-0.05, 0) is 6.92 Å². The Hall–Kier alpha value is -1.40. The Balaban J connectivity index is 2.75. The van der Waals surface area contributed by atoms with Crippen LogP contribution in [0.15, 0.2) is 24.3 Å². The first-order chi connectivity index (χ1) is 8.34. The van der Waals surface area contributed by atoms with Crippen molar-refractivity contribution in [2.75, 3.05) is 7.05 Å². The highest BCUT2D eigenvalue weighted by Gasteiger charge is 2.42. The highest BCUT2D eigenvalue weighted by Crippen LogP contribution is 2.25. The summed E-state index contributed by atoms with van der Waals surface area (Å²) in [6, 6.07) is 6.36. The third-order valence-electron chi connectivity index (χ3n) is 2.37. The second-order valence-corrected chi connectivity index (χ2v) is 3.85. The number of aryl methyl sites for hydroxylation is 1. The Bertz CT molecular complexity index is 401. The van der Waals surface area contributed by atoms with Crippen LogP contribution in [0.25, 0.3) is 0 Å². The first kappa shape index (κ1) is 14.7. The highest BCUT2D eigenvalue weighted by molar-refractivity contribution is 5.96. The quantitative estimate of drug-likeness (QED) is 0.654. The van der Waals surface area contributed by atoms with E-state index in [1.54, 1.807) is 12.1 Å². The Morgan fingerprint density at radius 3 is 2.33 bits per heavy atom. The number of alkyl halides is 3. The number of benzene rings is 1. The predicted octanol–water partition coefficient (Wildman–Crippen LogP) is 2.65. The molecule has 0 saturated heterocycles. The van der Waals surface area contributed by atoms with Crippen molar-refractivity contribution in [3.05, 3.63) is 35.4 Å². The maximum absolute atomic E-state index is 12.5. The summed E-state index contributed by atoms with van der Waals surface area (Å²) in [4.78, 5) is 16.0. The van der Waals surface area contributed by atoms with Crippen LogP contribution in [0, 0.1) is 6.92 Å². The zero-order valence-corrected chi connectivity index (χ0v) is 10.0. The van der Waals surface area contributed by atoms with Gasteiger partial charge in [-0.25, -0.2) is 5.48 Å². The van der Waals surface area contributed by atoms with Crippen molar-refractivity contribution in [3.63, 3.8) is 0 Å². The number of carbonyl (C=O) groups excluding carboxylic acids is 1. The van der Waals surface area contributed by atoms with E-state index >= 15 is 0 Å². The number of carbonyl (C=O) groups is 1. The first-order valence-corrected chi connectivity index (χ1v) is 5.33. The van der Waals surface area contributed by atoms with E-state index in [0.717, 1.165) is 5.56 Å². The van der Waals surface area contributed by atoms with Crippen molar-refractivity contribution >= 4 is 5.78 Å². The second kappa shape index (κ2) is 5.97. The standard InChI is InChI=1S/C12H14F3NO2/c1-8-3-5-9(6-4-8)10(17)7-11(18-16-2)12(13,14)15/h3-6,11,16H,7H2,1-2H3. The zero-order chi connectivity index (χ0) is 13.8. The van der Waals surface area contributed by atoms with Crippen LogP contribution in [0.1, 0.15) is 22.3 Å². The van der Waals surface area contributed by atoms with Gasteiger partial charge in [0.15, 0.2) is 11.9 Å². The molecular formula is C12H14F3NO2. The first-order valence-electron chi connectivity index (χ1n) is 5.33. The Morgan fingerprint density at radius 2 is 1.89 bits per heavy atom. The molecule has 0 bridgehead atoms. The topological polar surface area (TPSA) is 38.3 Å². The van der Waals surface area contributed by atoms with E-state index in [9.17, 15) is 18.0 Å². The molecule has 0 saturated carbocycles. The molecule has 0 fully saturated rings. The number of halogens is 3. The fourth-order valence-corrected chi connectivity index (χ4v) is 1.39. The van der Waals surface area contributed by atoms with Crippen LogP contribution >= 0.6 is 0 Å². The molecule has 0 aromatic heterocycles. The molecule has 18 heavy (non-hydrogen) atoms. The zero-order valence-electron chi connectivity index (χ0n) is 10.0. The van der Waals surface area contributed by atoms with Crippen LogP contribution in [-0.2, 0) is 4.84 Å². The predicted molar refractivity (Wildman–Crippen MR) is 60.1 cm³/mol. The summed E-state index contributed by atoms with van der Waals surface area (Å²) >= 11 is 0. The van der Waals surface area contributed by atoms with Gasteiger partial charge in [-0.3, -0.25) is 9.63 Å². The van der Waals surface area contributed by atoms with E-state index in [1.165, 1.54) is 19.2 Å². The molecule has 1 atom stereocenters. The number of nitrogens with one attached hydrogen (secondary N) is 1.